The molecule has 180 valence electrons. The van der Waals surface area contributed by atoms with Gasteiger partial charge in [-0.3, -0.25) is 0 Å². The number of rotatable bonds is 6. The van der Waals surface area contributed by atoms with Gasteiger partial charge in [0, 0.05) is 30.2 Å². The molecule has 1 saturated carbocycles. The standard InChI is InChI=1S/C21H20Cl2F3N7O/c22-14-2-1-3-15(6-14)34-20-30-19(31-33(20)10-21(24,25)26)29-18-12-4-5-13(18)9-32(8-12)17-7-16(23)27-11-28-17/h1-3,6-7,11-13,18H,4-5,8-10H2,(H,29,31)/t12-,13+,18+. The number of hydrogen-bond acceptors (Lipinski definition) is 7. The van der Waals surface area contributed by atoms with Crippen molar-refractivity contribution in [2.75, 3.05) is 23.3 Å². The highest BCUT2D eigenvalue weighted by atomic mass is 35.5. The Balaban J connectivity index is 1.34. The summed E-state index contributed by atoms with van der Waals surface area (Å²) in [6.45, 7) is 0.143. The SMILES string of the molecule is FC(F)(F)Cn1nc(N[C@H]2[C@@H]3CC[C@H]2CN(c2cc(Cl)ncn2)C3)nc1Oc1cccc(Cl)c1. The molecular formula is C21H20Cl2F3N7O. The third-order valence-electron chi connectivity index (χ3n) is 6.04. The third kappa shape index (κ3) is 5.15. The summed E-state index contributed by atoms with van der Waals surface area (Å²) >= 11 is 12.0. The minimum atomic E-state index is -4.49. The van der Waals surface area contributed by atoms with Gasteiger partial charge in [-0.05, 0) is 42.9 Å². The van der Waals surface area contributed by atoms with Crippen LogP contribution in [0.1, 0.15) is 12.8 Å². The maximum Gasteiger partial charge on any atom is 0.408 e. The summed E-state index contributed by atoms with van der Waals surface area (Å²) in [7, 11) is 0. The fraction of sp³-hybridized carbons (Fsp3) is 0.429. The van der Waals surface area contributed by atoms with E-state index in [2.05, 4.69) is 30.3 Å². The van der Waals surface area contributed by atoms with Crippen molar-refractivity contribution in [1.82, 2.24) is 24.7 Å². The number of aromatic nitrogens is 5. The molecule has 1 aliphatic carbocycles. The molecule has 3 heterocycles. The zero-order valence-electron chi connectivity index (χ0n) is 17.7. The van der Waals surface area contributed by atoms with Crippen molar-refractivity contribution in [3.05, 3.63) is 46.8 Å². The Labute approximate surface area is 203 Å². The van der Waals surface area contributed by atoms with Crippen LogP contribution in [0.15, 0.2) is 36.7 Å². The summed E-state index contributed by atoms with van der Waals surface area (Å²) in [6, 6.07) is 7.85. The molecule has 1 saturated heterocycles. The zero-order valence-corrected chi connectivity index (χ0v) is 19.2. The second kappa shape index (κ2) is 9.10. The van der Waals surface area contributed by atoms with Crippen molar-refractivity contribution in [3.8, 4) is 11.8 Å². The van der Waals surface area contributed by atoms with E-state index in [1.807, 2.05) is 0 Å². The molecule has 2 bridgehead atoms. The second-order valence-corrected chi connectivity index (χ2v) is 9.25. The van der Waals surface area contributed by atoms with Crippen LogP contribution in [0.3, 0.4) is 0 Å². The van der Waals surface area contributed by atoms with Gasteiger partial charge in [-0.2, -0.15) is 18.2 Å². The molecule has 8 nitrogen and oxygen atoms in total. The number of nitrogens with one attached hydrogen (secondary N) is 1. The highest BCUT2D eigenvalue weighted by Crippen LogP contribution is 2.40. The molecule has 5 rings (SSSR count). The maximum absolute atomic E-state index is 13.1. The number of nitrogens with zero attached hydrogens (tertiary/aromatic N) is 6. The van der Waals surface area contributed by atoms with Gasteiger partial charge in [0.1, 0.15) is 29.6 Å². The molecule has 0 amide bonds. The van der Waals surface area contributed by atoms with Crippen molar-refractivity contribution in [3.63, 3.8) is 0 Å². The van der Waals surface area contributed by atoms with Gasteiger partial charge in [-0.1, -0.05) is 29.3 Å². The molecule has 3 atom stereocenters. The number of anilines is 2. The first-order valence-electron chi connectivity index (χ1n) is 10.7. The van der Waals surface area contributed by atoms with E-state index in [1.54, 1.807) is 24.3 Å². The van der Waals surface area contributed by atoms with Crippen LogP contribution in [0.4, 0.5) is 24.9 Å². The Bertz CT molecular complexity index is 1160. The van der Waals surface area contributed by atoms with Crippen molar-refractivity contribution < 1.29 is 17.9 Å². The summed E-state index contributed by atoms with van der Waals surface area (Å²) in [4.78, 5) is 14.6. The number of hydrogen-bond donors (Lipinski definition) is 1. The molecule has 0 spiro atoms. The van der Waals surface area contributed by atoms with Crippen LogP contribution in [-0.2, 0) is 6.54 Å². The van der Waals surface area contributed by atoms with Crippen LogP contribution in [-0.4, -0.2) is 50.0 Å². The van der Waals surface area contributed by atoms with E-state index in [0.29, 0.717) is 14.9 Å². The normalized spacial score (nSPS) is 22.1. The topological polar surface area (TPSA) is 81.0 Å². The fourth-order valence-electron chi connectivity index (χ4n) is 4.66. The average molecular weight is 514 g/mol. The van der Waals surface area contributed by atoms with E-state index in [4.69, 9.17) is 27.9 Å². The molecule has 1 aromatic carbocycles. The van der Waals surface area contributed by atoms with Crippen LogP contribution in [0, 0.1) is 11.8 Å². The van der Waals surface area contributed by atoms with Gasteiger partial charge >= 0.3 is 12.2 Å². The molecular weight excluding hydrogens is 494 g/mol. The molecule has 1 N–H and O–H groups in total. The Morgan fingerprint density at radius 1 is 1.09 bits per heavy atom. The number of alkyl halides is 3. The van der Waals surface area contributed by atoms with Gasteiger partial charge in [0.2, 0.25) is 5.95 Å². The molecule has 0 radical (unpaired) electrons. The Morgan fingerprint density at radius 2 is 1.85 bits per heavy atom. The first-order chi connectivity index (χ1) is 16.2. The number of ether oxygens (including phenoxy) is 1. The molecule has 3 aromatic rings. The molecule has 34 heavy (non-hydrogen) atoms. The highest BCUT2D eigenvalue weighted by Gasteiger charge is 2.43. The lowest BCUT2D eigenvalue weighted by Gasteiger charge is -2.38. The lowest BCUT2D eigenvalue weighted by atomic mass is 9.92. The number of halogens is 5. The number of fused-ring (bicyclic) bond motifs is 2. The monoisotopic (exact) mass is 513 g/mol. The van der Waals surface area contributed by atoms with Gasteiger partial charge in [0.05, 0.1) is 0 Å². The van der Waals surface area contributed by atoms with Crippen molar-refractivity contribution >= 4 is 35.0 Å². The van der Waals surface area contributed by atoms with Gasteiger partial charge in [-0.15, -0.1) is 5.10 Å². The van der Waals surface area contributed by atoms with E-state index >= 15 is 0 Å². The van der Waals surface area contributed by atoms with Crippen LogP contribution < -0.4 is 15.0 Å². The van der Waals surface area contributed by atoms with Crippen molar-refractivity contribution in [1.29, 1.82) is 0 Å². The minimum absolute atomic E-state index is 0.0225. The molecule has 0 unspecified atom stereocenters. The van der Waals surface area contributed by atoms with Gasteiger partial charge in [0.25, 0.3) is 0 Å². The number of piperidine rings is 1. The van der Waals surface area contributed by atoms with E-state index < -0.39 is 12.7 Å². The van der Waals surface area contributed by atoms with E-state index in [-0.39, 0.29) is 35.6 Å². The molecule has 2 aromatic heterocycles. The molecule has 2 aliphatic rings. The van der Waals surface area contributed by atoms with Gasteiger partial charge in [0.15, 0.2) is 0 Å². The Kier molecular flexibility index (Phi) is 6.15. The smallest absolute Gasteiger partial charge is 0.408 e. The largest absolute Gasteiger partial charge is 0.424 e. The van der Waals surface area contributed by atoms with Crippen LogP contribution in [0.2, 0.25) is 10.2 Å². The highest BCUT2D eigenvalue weighted by molar-refractivity contribution is 6.30. The second-order valence-electron chi connectivity index (χ2n) is 8.42. The van der Waals surface area contributed by atoms with Crippen molar-refractivity contribution in [2.24, 2.45) is 11.8 Å². The number of benzene rings is 1. The quantitative estimate of drug-likeness (QED) is 0.461. The van der Waals surface area contributed by atoms with E-state index in [9.17, 15) is 13.2 Å². The fourth-order valence-corrected chi connectivity index (χ4v) is 4.99. The molecule has 13 heteroatoms. The van der Waals surface area contributed by atoms with E-state index in [0.717, 1.165) is 31.7 Å². The van der Waals surface area contributed by atoms with Crippen LogP contribution in [0.5, 0.6) is 11.8 Å². The zero-order chi connectivity index (χ0) is 23.9. The van der Waals surface area contributed by atoms with Crippen LogP contribution in [0.25, 0.3) is 0 Å². The first-order valence-corrected chi connectivity index (χ1v) is 11.4. The average Bonchev–Trinajstić information content (AvgIpc) is 3.21. The Morgan fingerprint density at radius 3 is 2.53 bits per heavy atom. The summed E-state index contributed by atoms with van der Waals surface area (Å²) in [5.41, 5.74) is 0. The molecule has 2 fully saturated rings. The summed E-state index contributed by atoms with van der Waals surface area (Å²) < 4.78 is 45.7. The van der Waals surface area contributed by atoms with Gasteiger partial charge in [-0.25, -0.2) is 14.6 Å². The van der Waals surface area contributed by atoms with E-state index in [1.165, 1.54) is 12.4 Å². The van der Waals surface area contributed by atoms with Crippen molar-refractivity contribution in [2.45, 2.75) is 31.6 Å². The summed E-state index contributed by atoms with van der Waals surface area (Å²) in [5.74, 6) is 1.63. The molecule has 1 aliphatic heterocycles. The lowest BCUT2D eigenvalue weighted by Crippen LogP contribution is -2.48. The first kappa shape index (κ1) is 23.0. The lowest BCUT2D eigenvalue weighted by molar-refractivity contribution is -0.143. The predicted octanol–water partition coefficient (Wildman–Crippen LogP) is 5.06. The predicted molar refractivity (Wildman–Crippen MR) is 120 cm³/mol. The summed E-state index contributed by atoms with van der Waals surface area (Å²) in [6.07, 6.45) is -1.09. The maximum atomic E-state index is 13.1. The van der Waals surface area contributed by atoms with Gasteiger partial charge < -0.3 is 15.0 Å². The third-order valence-corrected chi connectivity index (χ3v) is 6.49. The summed E-state index contributed by atoms with van der Waals surface area (Å²) in [5, 5.41) is 8.10. The minimum Gasteiger partial charge on any atom is -0.424 e. The van der Waals surface area contributed by atoms with Crippen LogP contribution >= 0.6 is 23.2 Å². The Hall–Kier alpha value is -2.79.